The van der Waals surface area contributed by atoms with Crippen LogP contribution in [0.25, 0.3) is 0 Å². The maximum atomic E-state index is 6.90. The van der Waals surface area contributed by atoms with Gasteiger partial charge in [0.15, 0.2) is 0 Å². The fourth-order valence-corrected chi connectivity index (χ4v) is 0.994. The number of hydrogen-bond acceptors (Lipinski definition) is 1. The van der Waals surface area contributed by atoms with E-state index in [9.17, 15) is 0 Å². The lowest BCUT2D eigenvalue weighted by Gasteiger charge is -2.05. The summed E-state index contributed by atoms with van der Waals surface area (Å²) in [6.07, 6.45) is 8.54. The van der Waals surface area contributed by atoms with E-state index >= 15 is 0 Å². The van der Waals surface area contributed by atoms with E-state index in [1.807, 2.05) is 0 Å². The second-order valence-electron chi connectivity index (χ2n) is 2.17. The summed E-state index contributed by atoms with van der Waals surface area (Å²) in [4.78, 5) is 0. The average Bonchev–Trinajstić information content (AvgIpc) is 1.90. The van der Waals surface area contributed by atoms with Crippen molar-refractivity contribution in [2.24, 2.45) is 0 Å². The molecule has 0 amide bonds. The zero-order chi connectivity index (χ0) is 5.82. The van der Waals surface area contributed by atoms with Gasteiger partial charge in [-0.15, -0.1) is 0 Å². The van der Waals surface area contributed by atoms with E-state index in [2.05, 4.69) is 6.08 Å². The first kappa shape index (κ1) is 5.54. The van der Waals surface area contributed by atoms with E-state index in [1.54, 1.807) is 0 Å². The molecule has 0 bridgehead atoms. The Balaban J connectivity index is 2.49. The summed E-state index contributed by atoms with van der Waals surface area (Å²) < 4.78 is 0. The SMILES string of the molecule is N=CC1=CCCCC1. The number of hydrogen-bond donors (Lipinski definition) is 1. The van der Waals surface area contributed by atoms with Crippen molar-refractivity contribution in [3.8, 4) is 0 Å². The second kappa shape index (κ2) is 2.65. The van der Waals surface area contributed by atoms with Crippen LogP contribution in [0.5, 0.6) is 0 Å². The lowest BCUT2D eigenvalue weighted by molar-refractivity contribution is 0.718. The molecule has 0 aliphatic heterocycles. The Morgan fingerprint density at radius 2 is 2.38 bits per heavy atom. The van der Waals surface area contributed by atoms with E-state index < -0.39 is 0 Å². The monoisotopic (exact) mass is 109 g/mol. The van der Waals surface area contributed by atoms with Crippen LogP contribution in [0.15, 0.2) is 11.6 Å². The summed E-state index contributed by atoms with van der Waals surface area (Å²) in [6, 6.07) is 0. The Labute approximate surface area is 49.9 Å². The molecule has 8 heavy (non-hydrogen) atoms. The summed E-state index contributed by atoms with van der Waals surface area (Å²) in [6.45, 7) is 0. The van der Waals surface area contributed by atoms with Crippen molar-refractivity contribution < 1.29 is 0 Å². The summed E-state index contributed by atoms with van der Waals surface area (Å²) in [5.74, 6) is 0. The molecule has 0 fully saturated rings. The molecule has 1 aliphatic rings. The van der Waals surface area contributed by atoms with Gasteiger partial charge in [0.25, 0.3) is 0 Å². The van der Waals surface area contributed by atoms with Crippen LogP contribution in [0, 0.1) is 5.41 Å². The fourth-order valence-electron chi connectivity index (χ4n) is 0.994. The molecule has 0 aromatic rings. The lowest BCUT2D eigenvalue weighted by atomic mass is 10.0. The van der Waals surface area contributed by atoms with Crippen LogP contribution in [0.2, 0.25) is 0 Å². The third-order valence-electron chi connectivity index (χ3n) is 1.51. The van der Waals surface area contributed by atoms with Crippen LogP contribution in [-0.4, -0.2) is 6.21 Å². The fraction of sp³-hybridized carbons (Fsp3) is 0.571. The van der Waals surface area contributed by atoms with Gasteiger partial charge in [-0.3, -0.25) is 0 Å². The highest BCUT2D eigenvalue weighted by Crippen LogP contribution is 2.14. The topological polar surface area (TPSA) is 23.9 Å². The minimum atomic E-state index is 1.13. The van der Waals surface area contributed by atoms with Gasteiger partial charge in [-0.1, -0.05) is 6.08 Å². The maximum Gasteiger partial charge on any atom is 0.0206 e. The molecule has 1 heteroatoms. The molecule has 0 atom stereocenters. The minimum absolute atomic E-state index is 1.13. The van der Waals surface area contributed by atoms with Crippen LogP contribution in [0.4, 0.5) is 0 Å². The molecule has 0 unspecified atom stereocenters. The highest BCUT2D eigenvalue weighted by atomic mass is 14.3. The summed E-state index contributed by atoms with van der Waals surface area (Å²) >= 11 is 0. The van der Waals surface area contributed by atoms with E-state index in [4.69, 9.17) is 5.41 Å². The predicted molar refractivity (Wildman–Crippen MR) is 35.3 cm³/mol. The smallest absolute Gasteiger partial charge is 0.0206 e. The minimum Gasteiger partial charge on any atom is -0.308 e. The number of allylic oxidation sites excluding steroid dienone is 2. The van der Waals surface area contributed by atoms with Gasteiger partial charge in [0.2, 0.25) is 0 Å². The summed E-state index contributed by atoms with van der Waals surface area (Å²) in [5, 5.41) is 6.90. The van der Waals surface area contributed by atoms with Crippen molar-refractivity contribution in [3.05, 3.63) is 11.6 Å². The van der Waals surface area contributed by atoms with Gasteiger partial charge in [-0.05, 0) is 31.3 Å². The second-order valence-corrected chi connectivity index (χ2v) is 2.17. The highest BCUT2D eigenvalue weighted by molar-refractivity contribution is 5.75. The molecule has 1 N–H and O–H groups in total. The van der Waals surface area contributed by atoms with Crippen molar-refractivity contribution in [2.45, 2.75) is 25.7 Å². The third kappa shape index (κ3) is 1.19. The van der Waals surface area contributed by atoms with Crippen molar-refractivity contribution >= 4 is 6.21 Å². The molecular formula is C7H11N. The van der Waals surface area contributed by atoms with E-state index in [0.717, 1.165) is 6.42 Å². The number of nitrogens with one attached hydrogen (secondary N) is 1. The van der Waals surface area contributed by atoms with Crippen LogP contribution in [0.1, 0.15) is 25.7 Å². The molecule has 1 aliphatic carbocycles. The molecule has 0 aromatic carbocycles. The van der Waals surface area contributed by atoms with Crippen LogP contribution in [-0.2, 0) is 0 Å². The predicted octanol–water partition coefficient (Wildman–Crippen LogP) is 2.14. The lowest BCUT2D eigenvalue weighted by Crippen LogP contribution is -1.90. The quantitative estimate of drug-likeness (QED) is 0.499. The van der Waals surface area contributed by atoms with Crippen molar-refractivity contribution in [2.75, 3.05) is 0 Å². The van der Waals surface area contributed by atoms with Gasteiger partial charge < -0.3 is 5.41 Å². The first-order valence-electron chi connectivity index (χ1n) is 3.13. The molecule has 1 rings (SSSR count). The van der Waals surface area contributed by atoms with Gasteiger partial charge in [-0.25, -0.2) is 0 Å². The molecule has 44 valence electrons. The Kier molecular flexibility index (Phi) is 1.84. The Morgan fingerprint density at radius 1 is 1.50 bits per heavy atom. The molecule has 0 spiro atoms. The van der Waals surface area contributed by atoms with Gasteiger partial charge in [0.1, 0.15) is 0 Å². The van der Waals surface area contributed by atoms with Crippen molar-refractivity contribution in [1.82, 2.24) is 0 Å². The van der Waals surface area contributed by atoms with Gasteiger partial charge in [0, 0.05) is 6.21 Å². The summed E-state index contributed by atoms with van der Waals surface area (Å²) in [5.41, 5.74) is 1.22. The normalized spacial score (nSPS) is 19.8. The zero-order valence-corrected chi connectivity index (χ0v) is 4.98. The number of rotatable bonds is 1. The van der Waals surface area contributed by atoms with Crippen molar-refractivity contribution in [1.29, 1.82) is 5.41 Å². The van der Waals surface area contributed by atoms with E-state index in [-0.39, 0.29) is 0 Å². The average molecular weight is 109 g/mol. The molecule has 0 heterocycles. The van der Waals surface area contributed by atoms with Crippen molar-refractivity contribution in [3.63, 3.8) is 0 Å². The largest absolute Gasteiger partial charge is 0.308 e. The standard InChI is InChI=1S/C7H11N/c8-6-7-4-2-1-3-5-7/h4,6,8H,1-3,5H2. The van der Waals surface area contributed by atoms with Crippen LogP contribution in [0.3, 0.4) is 0 Å². The van der Waals surface area contributed by atoms with Gasteiger partial charge in [0.05, 0.1) is 0 Å². The molecule has 0 aromatic heterocycles. The Morgan fingerprint density at radius 3 is 2.75 bits per heavy atom. The van der Waals surface area contributed by atoms with Crippen LogP contribution >= 0.6 is 0 Å². The summed E-state index contributed by atoms with van der Waals surface area (Å²) in [7, 11) is 0. The molecule has 1 nitrogen and oxygen atoms in total. The maximum absolute atomic E-state index is 6.90. The highest BCUT2D eigenvalue weighted by Gasteiger charge is 1.98. The van der Waals surface area contributed by atoms with Gasteiger partial charge in [-0.2, -0.15) is 0 Å². The van der Waals surface area contributed by atoms with E-state index in [1.165, 1.54) is 31.1 Å². The third-order valence-corrected chi connectivity index (χ3v) is 1.51. The van der Waals surface area contributed by atoms with Gasteiger partial charge >= 0.3 is 0 Å². The van der Waals surface area contributed by atoms with E-state index in [0.29, 0.717) is 0 Å². The molecule has 0 radical (unpaired) electrons. The molecule has 0 saturated heterocycles. The Bertz CT molecular complexity index is 114. The first-order chi connectivity index (χ1) is 3.93. The zero-order valence-electron chi connectivity index (χ0n) is 4.98. The van der Waals surface area contributed by atoms with Crippen LogP contribution < -0.4 is 0 Å². The first-order valence-corrected chi connectivity index (χ1v) is 3.13. The Hall–Kier alpha value is -0.590. The molecule has 0 saturated carbocycles. The molecular weight excluding hydrogens is 98.1 g/mol.